The van der Waals surface area contributed by atoms with Crippen molar-refractivity contribution >= 4 is 5.96 Å². The molecule has 6 heteroatoms. The van der Waals surface area contributed by atoms with Crippen LogP contribution in [0.4, 0.5) is 0 Å². The Morgan fingerprint density at radius 1 is 1.24 bits per heavy atom. The lowest BCUT2D eigenvalue weighted by Crippen LogP contribution is -2.51. The molecule has 1 aliphatic rings. The van der Waals surface area contributed by atoms with Gasteiger partial charge in [-0.05, 0) is 43.9 Å². The maximum Gasteiger partial charge on any atom is 0.213 e. The molecule has 2 atom stereocenters. The highest BCUT2D eigenvalue weighted by molar-refractivity contribution is 5.80. The van der Waals surface area contributed by atoms with Crippen LogP contribution in [0.2, 0.25) is 0 Å². The average Bonchev–Trinajstić information content (AvgIpc) is 2.75. The van der Waals surface area contributed by atoms with Crippen molar-refractivity contribution in [2.24, 2.45) is 4.99 Å². The summed E-state index contributed by atoms with van der Waals surface area (Å²) in [4.78, 5) is 11.5. The Bertz CT molecular complexity index is 780. The number of aromatic nitrogens is 1. The van der Waals surface area contributed by atoms with E-state index in [1.54, 1.807) is 13.3 Å². The van der Waals surface area contributed by atoms with E-state index in [1.807, 2.05) is 12.1 Å². The number of hydrogen-bond donors (Lipinski definition) is 2. The van der Waals surface area contributed by atoms with Crippen LogP contribution in [-0.2, 0) is 13.1 Å². The molecular formula is C23H33N5O. The van der Waals surface area contributed by atoms with Gasteiger partial charge in [-0.25, -0.2) is 9.98 Å². The number of ether oxygens (including phenoxy) is 1. The molecule has 2 aromatic rings. The summed E-state index contributed by atoms with van der Waals surface area (Å²) in [5.74, 6) is 1.49. The molecule has 29 heavy (non-hydrogen) atoms. The van der Waals surface area contributed by atoms with Gasteiger partial charge in [0.2, 0.25) is 5.88 Å². The number of likely N-dealkylation sites (tertiary alicyclic amines) is 1. The van der Waals surface area contributed by atoms with Crippen molar-refractivity contribution in [3.63, 3.8) is 0 Å². The van der Waals surface area contributed by atoms with Crippen molar-refractivity contribution in [1.29, 1.82) is 0 Å². The topological polar surface area (TPSA) is 61.8 Å². The van der Waals surface area contributed by atoms with Crippen molar-refractivity contribution in [1.82, 2.24) is 20.5 Å². The molecule has 0 radical (unpaired) electrons. The Morgan fingerprint density at radius 3 is 2.79 bits per heavy atom. The Kier molecular flexibility index (Phi) is 7.87. The van der Waals surface area contributed by atoms with Gasteiger partial charge in [0.15, 0.2) is 5.96 Å². The molecule has 1 saturated heterocycles. The molecule has 1 fully saturated rings. The van der Waals surface area contributed by atoms with Crippen LogP contribution < -0.4 is 15.4 Å². The zero-order chi connectivity index (χ0) is 20.5. The number of guanidine groups is 1. The van der Waals surface area contributed by atoms with Gasteiger partial charge in [-0.15, -0.1) is 0 Å². The molecule has 3 rings (SSSR count). The van der Waals surface area contributed by atoms with Crippen molar-refractivity contribution in [2.75, 3.05) is 20.2 Å². The second-order valence-corrected chi connectivity index (χ2v) is 7.57. The number of nitrogens with zero attached hydrogens (tertiary/aromatic N) is 3. The molecule has 1 aliphatic heterocycles. The van der Waals surface area contributed by atoms with E-state index >= 15 is 0 Å². The number of aliphatic imine (C=N–C) groups is 1. The van der Waals surface area contributed by atoms with Crippen LogP contribution in [0.1, 0.15) is 37.8 Å². The van der Waals surface area contributed by atoms with E-state index in [0.29, 0.717) is 24.5 Å². The lowest BCUT2D eigenvalue weighted by atomic mass is 9.97. The number of rotatable bonds is 7. The third-order valence-electron chi connectivity index (χ3n) is 5.36. The van der Waals surface area contributed by atoms with Gasteiger partial charge in [-0.1, -0.05) is 30.3 Å². The van der Waals surface area contributed by atoms with Crippen LogP contribution in [0, 0.1) is 0 Å². The first kappa shape index (κ1) is 21.1. The standard InChI is InChI=1S/C23H33N5O/c1-4-24-23(26-16-20-10-12-25-22(15-20)29-3)27-21-11-13-28(18(2)14-21)17-19-8-6-5-7-9-19/h5-10,12,15,18,21H,4,11,13-14,16-17H2,1-3H3,(H2,24,26,27). The smallest absolute Gasteiger partial charge is 0.213 e. The van der Waals surface area contributed by atoms with Crippen LogP contribution in [0.25, 0.3) is 0 Å². The Labute approximate surface area is 174 Å². The average molecular weight is 396 g/mol. The van der Waals surface area contributed by atoms with Crippen LogP contribution >= 0.6 is 0 Å². The number of hydrogen-bond acceptors (Lipinski definition) is 4. The van der Waals surface area contributed by atoms with E-state index in [-0.39, 0.29) is 0 Å². The fourth-order valence-corrected chi connectivity index (χ4v) is 3.75. The predicted molar refractivity (Wildman–Crippen MR) is 118 cm³/mol. The molecule has 2 N–H and O–H groups in total. The summed E-state index contributed by atoms with van der Waals surface area (Å²) in [5, 5.41) is 7.01. The van der Waals surface area contributed by atoms with Gasteiger partial charge in [0.25, 0.3) is 0 Å². The van der Waals surface area contributed by atoms with Crippen molar-refractivity contribution < 1.29 is 4.74 Å². The minimum Gasteiger partial charge on any atom is -0.481 e. The molecule has 156 valence electrons. The number of benzene rings is 1. The quantitative estimate of drug-likeness (QED) is 0.557. The first-order chi connectivity index (χ1) is 14.2. The first-order valence-electron chi connectivity index (χ1n) is 10.5. The number of pyridine rings is 1. The van der Waals surface area contributed by atoms with Crippen molar-refractivity contribution in [3.05, 3.63) is 59.8 Å². The second kappa shape index (κ2) is 10.8. The van der Waals surface area contributed by atoms with E-state index in [2.05, 4.69) is 64.7 Å². The Hall–Kier alpha value is -2.60. The molecular weight excluding hydrogens is 362 g/mol. The van der Waals surface area contributed by atoms with Crippen LogP contribution in [0.5, 0.6) is 5.88 Å². The minimum atomic E-state index is 0.432. The number of piperidine rings is 1. The summed E-state index contributed by atoms with van der Waals surface area (Å²) in [7, 11) is 1.63. The zero-order valence-electron chi connectivity index (χ0n) is 17.8. The molecule has 0 bridgehead atoms. The van der Waals surface area contributed by atoms with E-state index < -0.39 is 0 Å². The summed E-state index contributed by atoms with van der Waals surface area (Å²) in [6, 6.07) is 15.6. The molecule has 0 amide bonds. The Morgan fingerprint density at radius 2 is 2.07 bits per heavy atom. The monoisotopic (exact) mass is 395 g/mol. The third kappa shape index (κ3) is 6.46. The lowest BCUT2D eigenvalue weighted by Gasteiger charge is -2.38. The van der Waals surface area contributed by atoms with Gasteiger partial charge in [0.05, 0.1) is 13.7 Å². The molecule has 6 nitrogen and oxygen atoms in total. The number of methoxy groups -OCH3 is 1. The van der Waals surface area contributed by atoms with Gasteiger partial charge in [-0.3, -0.25) is 4.90 Å². The maximum absolute atomic E-state index is 5.20. The maximum atomic E-state index is 5.20. The van der Waals surface area contributed by atoms with Gasteiger partial charge < -0.3 is 15.4 Å². The summed E-state index contributed by atoms with van der Waals surface area (Å²) in [5.41, 5.74) is 2.47. The summed E-state index contributed by atoms with van der Waals surface area (Å²) in [6.45, 7) is 7.97. The third-order valence-corrected chi connectivity index (χ3v) is 5.36. The highest BCUT2D eigenvalue weighted by Crippen LogP contribution is 2.20. The van der Waals surface area contributed by atoms with Crippen molar-refractivity contribution in [2.45, 2.75) is 51.9 Å². The minimum absolute atomic E-state index is 0.432. The highest BCUT2D eigenvalue weighted by Gasteiger charge is 2.25. The molecule has 2 unspecified atom stereocenters. The molecule has 0 aliphatic carbocycles. The normalized spacial score (nSPS) is 20.3. The second-order valence-electron chi connectivity index (χ2n) is 7.57. The molecule has 1 aromatic heterocycles. The van der Waals surface area contributed by atoms with Crippen LogP contribution in [0.15, 0.2) is 53.7 Å². The van der Waals surface area contributed by atoms with Gasteiger partial charge in [0.1, 0.15) is 0 Å². The highest BCUT2D eigenvalue weighted by atomic mass is 16.5. The molecule has 1 aromatic carbocycles. The summed E-state index contributed by atoms with van der Waals surface area (Å²) < 4.78 is 5.20. The fourth-order valence-electron chi connectivity index (χ4n) is 3.75. The fraction of sp³-hybridized carbons (Fsp3) is 0.478. The van der Waals surface area contributed by atoms with Gasteiger partial charge in [0, 0.05) is 44.0 Å². The predicted octanol–water partition coefficient (Wildman–Crippen LogP) is 3.20. The molecule has 2 heterocycles. The van der Waals surface area contributed by atoms with E-state index in [1.165, 1.54) is 5.56 Å². The van der Waals surface area contributed by atoms with E-state index in [9.17, 15) is 0 Å². The van der Waals surface area contributed by atoms with Crippen LogP contribution in [0.3, 0.4) is 0 Å². The lowest BCUT2D eigenvalue weighted by molar-refractivity contribution is 0.134. The Balaban J connectivity index is 1.55. The summed E-state index contributed by atoms with van der Waals surface area (Å²) in [6.07, 6.45) is 3.99. The first-order valence-corrected chi connectivity index (χ1v) is 10.5. The molecule has 0 spiro atoms. The van der Waals surface area contributed by atoms with Gasteiger partial charge in [-0.2, -0.15) is 0 Å². The van der Waals surface area contributed by atoms with E-state index in [0.717, 1.165) is 44.0 Å². The number of nitrogens with one attached hydrogen (secondary N) is 2. The largest absolute Gasteiger partial charge is 0.481 e. The summed E-state index contributed by atoms with van der Waals surface area (Å²) >= 11 is 0. The van der Waals surface area contributed by atoms with Crippen LogP contribution in [-0.4, -0.2) is 48.1 Å². The SMILES string of the molecule is CCNC(=NCc1ccnc(OC)c1)NC1CCN(Cc2ccccc2)C(C)C1. The van der Waals surface area contributed by atoms with Gasteiger partial charge >= 0.3 is 0 Å². The van der Waals surface area contributed by atoms with E-state index in [4.69, 9.17) is 9.73 Å². The zero-order valence-corrected chi connectivity index (χ0v) is 17.8. The van der Waals surface area contributed by atoms with Crippen molar-refractivity contribution in [3.8, 4) is 5.88 Å². The molecule has 0 saturated carbocycles.